The van der Waals surface area contributed by atoms with Crippen molar-refractivity contribution in [3.63, 3.8) is 0 Å². The largest absolute Gasteiger partial charge is 0.487 e. The lowest BCUT2D eigenvalue weighted by Gasteiger charge is -2.37. The van der Waals surface area contributed by atoms with Gasteiger partial charge in [-0.15, -0.1) is 0 Å². The first-order valence-corrected chi connectivity index (χ1v) is 13.6. The Morgan fingerprint density at radius 2 is 2.03 bits per heavy atom. The van der Waals surface area contributed by atoms with Crippen LogP contribution in [0.5, 0.6) is 5.75 Å². The van der Waals surface area contributed by atoms with Gasteiger partial charge in [-0.2, -0.15) is 4.31 Å². The van der Waals surface area contributed by atoms with E-state index < -0.39 is 16.1 Å². The summed E-state index contributed by atoms with van der Waals surface area (Å²) in [5.41, 5.74) is 1.67. The van der Waals surface area contributed by atoms with E-state index in [4.69, 9.17) is 4.74 Å². The van der Waals surface area contributed by atoms with Crippen LogP contribution in [-0.4, -0.2) is 66.6 Å². The minimum Gasteiger partial charge on any atom is -0.487 e. The lowest BCUT2D eigenvalue weighted by atomic mass is 10.0. The van der Waals surface area contributed by atoms with Gasteiger partial charge in [0.1, 0.15) is 16.7 Å². The third-order valence-electron chi connectivity index (χ3n) is 6.06. The second-order valence-electron chi connectivity index (χ2n) is 9.82. The highest BCUT2D eigenvalue weighted by molar-refractivity contribution is 7.89. The van der Waals surface area contributed by atoms with E-state index in [9.17, 15) is 13.5 Å². The van der Waals surface area contributed by atoms with Crippen LogP contribution in [0, 0.1) is 23.7 Å². The first-order chi connectivity index (χ1) is 16.6. The molecule has 3 atom stereocenters. The van der Waals surface area contributed by atoms with E-state index >= 15 is 0 Å². The van der Waals surface area contributed by atoms with Crippen LogP contribution in [0.1, 0.15) is 45.4 Å². The van der Waals surface area contributed by atoms with Crippen molar-refractivity contribution in [2.75, 3.05) is 26.7 Å². The zero-order valence-corrected chi connectivity index (χ0v) is 22.1. The molecule has 2 aromatic rings. The molecule has 35 heavy (non-hydrogen) atoms. The maximum atomic E-state index is 13.6. The van der Waals surface area contributed by atoms with E-state index in [1.165, 1.54) is 4.31 Å². The first-order valence-electron chi connectivity index (χ1n) is 12.1. The summed E-state index contributed by atoms with van der Waals surface area (Å²) in [6, 6.07) is 10.3. The minimum atomic E-state index is -3.86. The van der Waals surface area contributed by atoms with E-state index in [1.807, 2.05) is 32.2 Å². The molecule has 0 amide bonds. The molecule has 2 heterocycles. The summed E-state index contributed by atoms with van der Waals surface area (Å²) in [5, 5.41) is 9.81. The fraction of sp³-hybridized carbons (Fsp3) is 0.519. The lowest BCUT2D eigenvalue weighted by Crippen LogP contribution is -2.49. The van der Waals surface area contributed by atoms with E-state index in [1.54, 1.807) is 31.3 Å². The van der Waals surface area contributed by atoms with Crippen molar-refractivity contribution in [3.05, 3.63) is 53.9 Å². The maximum absolute atomic E-state index is 13.6. The van der Waals surface area contributed by atoms with Crippen molar-refractivity contribution in [2.24, 2.45) is 11.8 Å². The molecular formula is C27H37N3O4S. The van der Waals surface area contributed by atoms with Gasteiger partial charge in [-0.25, -0.2) is 8.42 Å². The number of rotatable bonds is 7. The predicted octanol–water partition coefficient (Wildman–Crippen LogP) is 3.38. The fourth-order valence-electron chi connectivity index (χ4n) is 4.02. The number of likely N-dealkylation sites (N-methyl/N-ethyl adjacent to an activating group) is 1. The second-order valence-corrected chi connectivity index (χ2v) is 11.7. The molecule has 0 saturated heterocycles. The average molecular weight is 500 g/mol. The molecule has 1 aliphatic rings. The highest BCUT2D eigenvalue weighted by Crippen LogP contribution is 2.34. The predicted molar refractivity (Wildman–Crippen MR) is 137 cm³/mol. The molecule has 0 spiro atoms. The number of nitrogens with zero attached hydrogens (tertiary/aromatic N) is 3. The summed E-state index contributed by atoms with van der Waals surface area (Å²) in [4.78, 5) is 6.64. The van der Waals surface area contributed by atoms with Crippen LogP contribution in [0.4, 0.5) is 0 Å². The Morgan fingerprint density at radius 1 is 1.26 bits per heavy atom. The average Bonchev–Trinajstić information content (AvgIpc) is 2.81. The van der Waals surface area contributed by atoms with Crippen LogP contribution >= 0.6 is 0 Å². The number of ether oxygens (including phenoxy) is 1. The quantitative estimate of drug-likeness (QED) is 0.588. The highest BCUT2D eigenvalue weighted by atomic mass is 32.2. The minimum absolute atomic E-state index is 0.108. The number of hydrogen-bond donors (Lipinski definition) is 1. The molecule has 190 valence electrons. The zero-order valence-electron chi connectivity index (χ0n) is 21.3. The monoisotopic (exact) mass is 499 g/mol. The van der Waals surface area contributed by atoms with Crippen molar-refractivity contribution in [3.8, 4) is 17.6 Å². The Kier molecular flexibility index (Phi) is 9.31. The van der Waals surface area contributed by atoms with Crippen LogP contribution in [0.3, 0.4) is 0 Å². The Hall–Kier alpha value is -2.44. The second kappa shape index (κ2) is 12.0. The van der Waals surface area contributed by atoms with Gasteiger partial charge in [0.15, 0.2) is 0 Å². The summed E-state index contributed by atoms with van der Waals surface area (Å²) < 4.78 is 35.0. The van der Waals surface area contributed by atoms with E-state index in [-0.39, 0.29) is 30.1 Å². The van der Waals surface area contributed by atoms with Crippen molar-refractivity contribution < 1.29 is 18.3 Å². The third-order valence-corrected chi connectivity index (χ3v) is 8.08. The molecule has 0 bridgehead atoms. The van der Waals surface area contributed by atoms with Gasteiger partial charge >= 0.3 is 0 Å². The normalized spacial score (nSPS) is 20.8. The topological polar surface area (TPSA) is 83.0 Å². The summed E-state index contributed by atoms with van der Waals surface area (Å²) in [6.45, 7) is 9.15. The van der Waals surface area contributed by atoms with Gasteiger partial charge in [0, 0.05) is 49.8 Å². The van der Waals surface area contributed by atoms with Gasteiger partial charge in [0.05, 0.1) is 12.3 Å². The Balaban J connectivity index is 1.97. The number of aromatic nitrogens is 1. The Labute approximate surface area is 210 Å². The molecule has 1 aromatic carbocycles. The van der Waals surface area contributed by atoms with Crippen LogP contribution in [0.25, 0.3) is 0 Å². The molecule has 7 nitrogen and oxygen atoms in total. The molecule has 0 saturated carbocycles. The number of benzene rings is 1. The van der Waals surface area contributed by atoms with Crippen LogP contribution in [0.15, 0.2) is 47.5 Å². The third kappa shape index (κ3) is 7.05. The smallest absolute Gasteiger partial charge is 0.247 e. The van der Waals surface area contributed by atoms with Gasteiger partial charge in [0.25, 0.3) is 0 Å². The highest BCUT2D eigenvalue weighted by Gasteiger charge is 2.38. The maximum Gasteiger partial charge on any atom is 0.247 e. The van der Waals surface area contributed by atoms with Crippen molar-refractivity contribution in [2.45, 2.75) is 57.7 Å². The molecule has 0 radical (unpaired) electrons. The summed E-state index contributed by atoms with van der Waals surface area (Å²) in [5.74, 6) is 6.94. The van der Waals surface area contributed by atoms with Crippen molar-refractivity contribution in [1.82, 2.24) is 14.2 Å². The van der Waals surface area contributed by atoms with E-state index in [2.05, 4.69) is 35.6 Å². The summed E-state index contributed by atoms with van der Waals surface area (Å²) in [6.07, 6.45) is 2.26. The van der Waals surface area contributed by atoms with Gasteiger partial charge in [0.2, 0.25) is 10.0 Å². The lowest BCUT2D eigenvalue weighted by molar-refractivity contribution is 0.0730. The number of hydrogen-bond acceptors (Lipinski definition) is 6. The van der Waals surface area contributed by atoms with E-state index in [0.29, 0.717) is 24.8 Å². The molecule has 0 aliphatic carbocycles. The molecule has 1 aromatic heterocycles. The molecular weight excluding hydrogens is 462 g/mol. The van der Waals surface area contributed by atoms with Gasteiger partial charge in [-0.05, 0) is 50.2 Å². The van der Waals surface area contributed by atoms with Gasteiger partial charge in [-0.3, -0.25) is 9.88 Å². The summed E-state index contributed by atoms with van der Waals surface area (Å²) in [7, 11) is -1.86. The number of aliphatic hydroxyl groups is 1. The zero-order chi connectivity index (χ0) is 25.6. The molecule has 0 fully saturated rings. The first kappa shape index (κ1) is 27.2. The number of fused-ring (bicyclic) bond motifs is 1. The van der Waals surface area contributed by atoms with E-state index in [0.717, 1.165) is 17.7 Å². The summed E-state index contributed by atoms with van der Waals surface area (Å²) >= 11 is 0. The number of aliphatic hydroxyl groups excluding tert-OH is 1. The molecule has 0 unspecified atom stereocenters. The standard InChI is InChI=1S/C27H37N3O4S/c1-20(2)9-8-10-23-12-13-27-25(15-23)34-26(18-29(5)17-24-11-6-7-14-28-24)21(3)16-30(22(4)19-31)35(27,32)33/h6-7,11-15,20-22,26,31H,9,16-19H2,1-5H3/t21-,22-,26-/m1/s1. The number of pyridine rings is 1. The van der Waals surface area contributed by atoms with Crippen LogP contribution in [-0.2, 0) is 16.6 Å². The van der Waals surface area contributed by atoms with Gasteiger partial charge < -0.3 is 9.84 Å². The fourth-order valence-corrected chi connectivity index (χ4v) is 5.84. The molecule has 8 heteroatoms. The Bertz CT molecular complexity index is 1140. The number of sulfonamides is 1. The SMILES string of the molecule is CC(C)CC#Cc1ccc2c(c1)O[C@H](CN(C)Cc1ccccn1)[C@H](C)CN([C@H](C)CO)S2(=O)=O. The van der Waals surface area contributed by atoms with Crippen molar-refractivity contribution >= 4 is 10.0 Å². The molecule has 3 rings (SSSR count). The molecule has 1 aliphatic heterocycles. The van der Waals surface area contributed by atoms with Crippen LogP contribution in [0.2, 0.25) is 0 Å². The Morgan fingerprint density at radius 3 is 2.69 bits per heavy atom. The van der Waals surface area contributed by atoms with Crippen molar-refractivity contribution in [1.29, 1.82) is 0 Å². The van der Waals surface area contributed by atoms with Gasteiger partial charge in [-0.1, -0.05) is 38.7 Å². The molecule has 1 N–H and O–H groups in total. The van der Waals surface area contributed by atoms with Crippen LogP contribution < -0.4 is 4.74 Å².